The summed E-state index contributed by atoms with van der Waals surface area (Å²) in [6.45, 7) is 1.53. The molecule has 0 saturated carbocycles. The number of anilines is 1. The van der Waals surface area contributed by atoms with E-state index in [-0.39, 0.29) is 17.9 Å². The molecular formula is C19H17BrF2N4O3. The average Bonchev–Trinajstić information content (AvgIpc) is 2.87. The number of aryl methyl sites for hydroxylation is 1. The molecule has 0 radical (unpaired) electrons. The van der Waals surface area contributed by atoms with Crippen LogP contribution in [-0.2, 0) is 11.2 Å². The molecule has 29 heavy (non-hydrogen) atoms. The van der Waals surface area contributed by atoms with Crippen molar-refractivity contribution in [3.63, 3.8) is 0 Å². The number of hydrazine groups is 1. The molecule has 7 nitrogen and oxygen atoms in total. The standard InChI is InChI=1S/C19H17BrF2N4O3/c1-19(9-8-11-2-5-13(21)6-3-11)16(27)26(18(29)24-19)25-17(28)23-15-7-4-12(20)10-14(15)22/h2-7,10H,8-9H2,1H3,(H,24,29)(H2,23,25,28). The molecule has 3 rings (SSSR count). The zero-order chi connectivity index (χ0) is 21.2. The number of nitrogens with one attached hydrogen (secondary N) is 3. The van der Waals surface area contributed by atoms with Crippen molar-refractivity contribution in [1.82, 2.24) is 15.8 Å². The van der Waals surface area contributed by atoms with Crippen LogP contribution in [0.5, 0.6) is 0 Å². The van der Waals surface area contributed by atoms with E-state index in [9.17, 15) is 23.2 Å². The lowest BCUT2D eigenvalue weighted by molar-refractivity contribution is -0.132. The van der Waals surface area contributed by atoms with E-state index in [1.54, 1.807) is 12.1 Å². The molecule has 0 spiro atoms. The van der Waals surface area contributed by atoms with Crippen LogP contribution < -0.4 is 16.1 Å². The number of halogens is 3. The Kier molecular flexibility index (Phi) is 5.83. The Balaban J connectivity index is 1.63. The highest BCUT2D eigenvalue weighted by Gasteiger charge is 2.48. The molecule has 1 atom stereocenters. The summed E-state index contributed by atoms with van der Waals surface area (Å²) in [7, 11) is 0. The van der Waals surface area contributed by atoms with Crippen LogP contribution in [0, 0.1) is 11.6 Å². The summed E-state index contributed by atoms with van der Waals surface area (Å²) in [5.74, 6) is -1.71. The molecule has 1 unspecified atom stereocenters. The van der Waals surface area contributed by atoms with E-state index in [0.717, 1.165) is 11.6 Å². The predicted molar refractivity (Wildman–Crippen MR) is 105 cm³/mol. The fourth-order valence-electron chi connectivity index (χ4n) is 2.84. The summed E-state index contributed by atoms with van der Waals surface area (Å²) in [4.78, 5) is 37.0. The van der Waals surface area contributed by atoms with Crippen molar-refractivity contribution >= 4 is 39.6 Å². The third-order valence-corrected chi connectivity index (χ3v) is 4.97. The van der Waals surface area contributed by atoms with Crippen molar-refractivity contribution in [2.45, 2.75) is 25.3 Å². The van der Waals surface area contributed by atoms with E-state index in [0.29, 0.717) is 15.9 Å². The van der Waals surface area contributed by atoms with Crippen molar-refractivity contribution in [3.05, 3.63) is 64.1 Å². The number of nitrogens with zero attached hydrogens (tertiary/aromatic N) is 1. The smallest absolute Gasteiger partial charge is 0.322 e. The topological polar surface area (TPSA) is 90.5 Å². The van der Waals surface area contributed by atoms with Gasteiger partial charge >= 0.3 is 12.1 Å². The number of benzene rings is 2. The number of carbonyl (C=O) groups excluding carboxylic acids is 3. The number of rotatable bonds is 5. The third kappa shape index (κ3) is 4.70. The van der Waals surface area contributed by atoms with Gasteiger partial charge in [-0.1, -0.05) is 28.1 Å². The summed E-state index contributed by atoms with van der Waals surface area (Å²) in [6.07, 6.45) is 0.650. The van der Waals surface area contributed by atoms with Crippen LogP contribution in [0.25, 0.3) is 0 Å². The van der Waals surface area contributed by atoms with Crippen LogP contribution in [0.4, 0.5) is 24.1 Å². The van der Waals surface area contributed by atoms with Gasteiger partial charge in [-0.2, -0.15) is 5.01 Å². The average molecular weight is 467 g/mol. The second-order valence-electron chi connectivity index (χ2n) is 6.72. The summed E-state index contributed by atoms with van der Waals surface area (Å²) >= 11 is 3.10. The molecule has 0 aliphatic carbocycles. The normalized spacial score (nSPS) is 18.6. The Morgan fingerprint density at radius 2 is 1.86 bits per heavy atom. The molecule has 1 saturated heterocycles. The Hall–Kier alpha value is -3.01. The van der Waals surface area contributed by atoms with Gasteiger partial charge in [0.1, 0.15) is 17.2 Å². The minimum Gasteiger partial charge on any atom is -0.322 e. The van der Waals surface area contributed by atoms with Crippen LogP contribution in [0.2, 0.25) is 0 Å². The molecule has 2 aromatic rings. The van der Waals surface area contributed by atoms with Gasteiger partial charge in [0.25, 0.3) is 5.91 Å². The number of amides is 5. The molecule has 0 aromatic heterocycles. The van der Waals surface area contributed by atoms with E-state index in [1.165, 1.54) is 31.2 Å². The van der Waals surface area contributed by atoms with Gasteiger partial charge < -0.3 is 10.6 Å². The lowest BCUT2D eigenvalue weighted by atomic mass is 9.93. The molecule has 0 bridgehead atoms. The molecule has 152 valence electrons. The van der Waals surface area contributed by atoms with Gasteiger partial charge in [-0.3, -0.25) is 4.79 Å². The van der Waals surface area contributed by atoms with Gasteiger partial charge in [0.2, 0.25) is 0 Å². The molecule has 1 fully saturated rings. The number of carbonyl (C=O) groups is 3. The first kappa shape index (κ1) is 20.7. The van der Waals surface area contributed by atoms with E-state index in [1.807, 2.05) is 0 Å². The summed E-state index contributed by atoms with van der Waals surface area (Å²) in [6, 6.07) is 8.08. The molecule has 1 aliphatic rings. The summed E-state index contributed by atoms with van der Waals surface area (Å²) < 4.78 is 27.3. The van der Waals surface area contributed by atoms with Gasteiger partial charge in [-0.05, 0) is 55.7 Å². The first-order valence-corrected chi connectivity index (χ1v) is 9.41. The highest BCUT2D eigenvalue weighted by molar-refractivity contribution is 9.10. The molecular weight excluding hydrogens is 450 g/mol. The van der Waals surface area contributed by atoms with Crippen molar-refractivity contribution in [3.8, 4) is 0 Å². The lowest BCUT2D eigenvalue weighted by Gasteiger charge is -2.21. The van der Waals surface area contributed by atoms with Gasteiger partial charge in [0, 0.05) is 4.47 Å². The fraction of sp³-hybridized carbons (Fsp3) is 0.211. The Morgan fingerprint density at radius 3 is 2.52 bits per heavy atom. The van der Waals surface area contributed by atoms with Crippen molar-refractivity contribution < 1.29 is 23.2 Å². The van der Waals surface area contributed by atoms with Gasteiger partial charge in [0.15, 0.2) is 0 Å². The third-order valence-electron chi connectivity index (χ3n) is 4.48. The Labute approximate surface area is 173 Å². The number of hydrogen-bond acceptors (Lipinski definition) is 3. The van der Waals surface area contributed by atoms with Crippen molar-refractivity contribution in [2.75, 3.05) is 5.32 Å². The summed E-state index contributed by atoms with van der Waals surface area (Å²) in [5, 5.41) is 5.33. The van der Waals surface area contributed by atoms with Crippen LogP contribution in [0.15, 0.2) is 46.9 Å². The van der Waals surface area contributed by atoms with Gasteiger partial charge in [0.05, 0.1) is 5.69 Å². The molecule has 1 aliphatic heterocycles. The maximum Gasteiger partial charge on any atom is 0.344 e. The Morgan fingerprint density at radius 1 is 1.17 bits per heavy atom. The summed E-state index contributed by atoms with van der Waals surface area (Å²) in [5.41, 5.74) is 1.56. The lowest BCUT2D eigenvalue weighted by Crippen LogP contribution is -2.50. The second-order valence-corrected chi connectivity index (χ2v) is 7.64. The molecule has 5 amide bonds. The maximum absolute atomic E-state index is 13.8. The fourth-order valence-corrected chi connectivity index (χ4v) is 3.18. The number of hydrogen-bond donors (Lipinski definition) is 3. The first-order valence-electron chi connectivity index (χ1n) is 8.62. The minimum absolute atomic E-state index is 0.114. The maximum atomic E-state index is 13.8. The van der Waals surface area contributed by atoms with E-state index < -0.39 is 29.3 Å². The van der Waals surface area contributed by atoms with Gasteiger partial charge in [-0.15, -0.1) is 0 Å². The second kappa shape index (κ2) is 8.16. The van der Waals surface area contributed by atoms with Crippen LogP contribution in [0.3, 0.4) is 0 Å². The van der Waals surface area contributed by atoms with Crippen LogP contribution in [-0.4, -0.2) is 28.5 Å². The van der Waals surface area contributed by atoms with Crippen molar-refractivity contribution in [1.29, 1.82) is 0 Å². The quantitative estimate of drug-likeness (QED) is 0.586. The first-order chi connectivity index (χ1) is 13.7. The van der Waals surface area contributed by atoms with Crippen LogP contribution >= 0.6 is 15.9 Å². The minimum atomic E-state index is -1.25. The van der Waals surface area contributed by atoms with Gasteiger partial charge in [-0.25, -0.2) is 23.8 Å². The van der Waals surface area contributed by atoms with Crippen LogP contribution in [0.1, 0.15) is 18.9 Å². The Bertz CT molecular complexity index is 970. The molecule has 10 heteroatoms. The van der Waals surface area contributed by atoms with E-state index >= 15 is 0 Å². The largest absolute Gasteiger partial charge is 0.344 e. The van der Waals surface area contributed by atoms with Crippen molar-refractivity contribution in [2.24, 2.45) is 0 Å². The number of imide groups is 1. The zero-order valence-electron chi connectivity index (χ0n) is 15.3. The molecule has 1 heterocycles. The highest BCUT2D eigenvalue weighted by Crippen LogP contribution is 2.23. The highest BCUT2D eigenvalue weighted by atomic mass is 79.9. The molecule has 3 N–H and O–H groups in total. The SMILES string of the molecule is CC1(CCc2ccc(F)cc2)NC(=O)N(NC(=O)Nc2ccc(Br)cc2F)C1=O. The number of urea groups is 2. The monoisotopic (exact) mass is 466 g/mol. The zero-order valence-corrected chi connectivity index (χ0v) is 16.8. The van der Waals surface area contributed by atoms with E-state index in [2.05, 4.69) is 32.0 Å². The molecule has 2 aromatic carbocycles. The van der Waals surface area contributed by atoms with E-state index in [4.69, 9.17) is 0 Å². The predicted octanol–water partition coefficient (Wildman–Crippen LogP) is 3.71.